The number of carboxylic acids is 1. The Morgan fingerprint density at radius 2 is 2.67 bits per heavy atom. The molecule has 0 aromatic heterocycles. The van der Waals surface area contributed by atoms with Gasteiger partial charge in [0.1, 0.15) is 5.70 Å². The second kappa shape index (κ2) is 1.97. The number of hydrogen-bond acceptors (Lipinski definition) is 3. The highest BCUT2D eigenvalue weighted by atomic mass is 16.4. The molecular weight excluding hydrogens is 120 g/mol. The smallest absolute Gasteiger partial charge is 0.353 e. The highest BCUT2D eigenvalue weighted by Crippen LogP contribution is 1.99. The first kappa shape index (κ1) is 5.94. The molecule has 1 rings (SSSR count). The molecule has 0 radical (unpaired) electrons. The van der Waals surface area contributed by atoms with Gasteiger partial charge in [0.05, 0.1) is 6.67 Å². The second-order valence-electron chi connectivity index (χ2n) is 1.94. The molecule has 2 N–H and O–H groups in total. The van der Waals surface area contributed by atoms with E-state index in [1.165, 1.54) is 0 Å². The summed E-state index contributed by atoms with van der Waals surface area (Å²) in [7, 11) is 1.81. The molecular formula is C5H8N2O2. The van der Waals surface area contributed by atoms with Crippen molar-refractivity contribution < 1.29 is 9.90 Å². The Morgan fingerprint density at radius 3 is 2.89 bits per heavy atom. The Hall–Kier alpha value is -1.19. The molecule has 0 aromatic rings. The van der Waals surface area contributed by atoms with E-state index < -0.39 is 5.97 Å². The van der Waals surface area contributed by atoms with Gasteiger partial charge in [-0.2, -0.15) is 0 Å². The molecule has 0 aromatic carbocycles. The molecule has 1 aliphatic heterocycles. The molecule has 0 bridgehead atoms. The van der Waals surface area contributed by atoms with E-state index in [1.54, 1.807) is 11.1 Å². The third kappa shape index (κ3) is 1.13. The van der Waals surface area contributed by atoms with Crippen LogP contribution in [0.3, 0.4) is 0 Å². The number of carboxylic acid groups (broad SMARTS) is 1. The van der Waals surface area contributed by atoms with Crippen molar-refractivity contribution in [1.82, 2.24) is 10.2 Å². The molecule has 9 heavy (non-hydrogen) atoms. The lowest BCUT2D eigenvalue weighted by molar-refractivity contribution is -0.132. The molecule has 1 heterocycles. The van der Waals surface area contributed by atoms with E-state index in [4.69, 9.17) is 5.11 Å². The monoisotopic (exact) mass is 128 g/mol. The maximum absolute atomic E-state index is 10.2. The molecule has 0 saturated heterocycles. The lowest BCUT2D eigenvalue weighted by atomic mass is 10.5. The van der Waals surface area contributed by atoms with E-state index in [0.29, 0.717) is 6.67 Å². The van der Waals surface area contributed by atoms with Crippen molar-refractivity contribution >= 4 is 5.97 Å². The Kier molecular flexibility index (Phi) is 1.30. The molecule has 0 spiro atoms. The van der Waals surface area contributed by atoms with Crippen LogP contribution in [0.1, 0.15) is 0 Å². The highest BCUT2D eigenvalue weighted by Gasteiger charge is 2.12. The average Bonchev–Trinajstić information content (AvgIpc) is 2.14. The summed E-state index contributed by atoms with van der Waals surface area (Å²) in [5.74, 6) is -0.903. The zero-order valence-corrected chi connectivity index (χ0v) is 5.09. The Bertz CT molecular complexity index is 164. The standard InChI is InChI=1S/C5H8N2O2/c1-7-2-4(5(8)9)6-3-7/h2,6H,3H2,1H3,(H,8,9). The maximum atomic E-state index is 10.2. The summed E-state index contributed by atoms with van der Waals surface area (Å²) in [5.41, 5.74) is 0.262. The predicted molar refractivity (Wildman–Crippen MR) is 31.5 cm³/mol. The van der Waals surface area contributed by atoms with Crippen LogP contribution in [0.15, 0.2) is 11.9 Å². The van der Waals surface area contributed by atoms with Gasteiger partial charge < -0.3 is 15.3 Å². The summed E-state index contributed by atoms with van der Waals surface area (Å²) in [4.78, 5) is 12.0. The molecule has 4 heteroatoms. The average molecular weight is 128 g/mol. The Labute approximate surface area is 52.8 Å². The Balaban J connectivity index is 2.62. The topological polar surface area (TPSA) is 52.6 Å². The third-order valence-electron chi connectivity index (χ3n) is 1.10. The van der Waals surface area contributed by atoms with Crippen LogP contribution in [0.2, 0.25) is 0 Å². The predicted octanol–water partition coefficient (Wildman–Crippen LogP) is -0.595. The number of aliphatic carboxylic acids is 1. The number of rotatable bonds is 1. The van der Waals surface area contributed by atoms with Crippen molar-refractivity contribution in [2.75, 3.05) is 13.7 Å². The van der Waals surface area contributed by atoms with Gasteiger partial charge in [0.25, 0.3) is 0 Å². The van der Waals surface area contributed by atoms with E-state index in [9.17, 15) is 4.79 Å². The number of nitrogens with zero attached hydrogens (tertiary/aromatic N) is 1. The summed E-state index contributed by atoms with van der Waals surface area (Å²) < 4.78 is 0. The molecule has 0 amide bonds. The van der Waals surface area contributed by atoms with Gasteiger partial charge in [0.15, 0.2) is 0 Å². The second-order valence-corrected chi connectivity index (χ2v) is 1.94. The summed E-state index contributed by atoms with van der Waals surface area (Å²) in [6.45, 7) is 0.585. The van der Waals surface area contributed by atoms with E-state index in [0.717, 1.165) is 0 Å². The number of nitrogens with one attached hydrogen (secondary N) is 1. The third-order valence-corrected chi connectivity index (χ3v) is 1.10. The molecule has 0 unspecified atom stereocenters. The first-order valence-corrected chi connectivity index (χ1v) is 2.59. The molecule has 0 aliphatic carbocycles. The molecule has 0 saturated carbocycles. The minimum atomic E-state index is -0.903. The van der Waals surface area contributed by atoms with Gasteiger partial charge in [-0.25, -0.2) is 4.79 Å². The van der Waals surface area contributed by atoms with Crippen molar-refractivity contribution in [1.29, 1.82) is 0 Å². The van der Waals surface area contributed by atoms with E-state index in [2.05, 4.69) is 5.32 Å². The zero-order chi connectivity index (χ0) is 6.85. The number of carbonyl (C=O) groups is 1. The van der Waals surface area contributed by atoms with Crippen LogP contribution in [0.25, 0.3) is 0 Å². The molecule has 0 atom stereocenters. The lowest BCUT2D eigenvalue weighted by Crippen LogP contribution is -2.19. The highest BCUT2D eigenvalue weighted by molar-refractivity contribution is 5.86. The van der Waals surface area contributed by atoms with Crippen molar-refractivity contribution in [2.45, 2.75) is 0 Å². The van der Waals surface area contributed by atoms with Gasteiger partial charge in [-0.1, -0.05) is 0 Å². The lowest BCUT2D eigenvalue weighted by Gasteiger charge is -2.02. The van der Waals surface area contributed by atoms with Crippen LogP contribution < -0.4 is 5.32 Å². The summed E-state index contributed by atoms with van der Waals surface area (Å²) >= 11 is 0. The van der Waals surface area contributed by atoms with Crippen LogP contribution in [0, 0.1) is 0 Å². The molecule has 4 nitrogen and oxygen atoms in total. The summed E-state index contributed by atoms with van der Waals surface area (Å²) in [5, 5.41) is 11.1. The van der Waals surface area contributed by atoms with Crippen LogP contribution >= 0.6 is 0 Å². The quantitative estimate of drug-likeness (QED) is 0.495. The first-order valence-electron chi connectivity index (χ1n) is 2.59. The van der Waals surface area contributed by atoms with Gasteiger partial charge in [-0.3, -0.25) is 0 Å². The molecule has 0 fully saturated rings. The normalized spacial score (nSPS) is 17.0. The maximum Gasteiger partial charge on any atom is 0.353 e. The summed E-state index contributed by atoms with van der Waals surface area (Å²) in [6.07, 6.45) is 1.56. The molecule has 50 valence electrons. The minimum Gasteiger partial charge on any atom is -0.477 e. The van der Waals surface area contributed by atoms with Crippen LogP contribution in [-0.4, -0.2) is 29.7 Å². The van der Waals surface area contributed by atoms with Crippen molar-refractivity contribution in [2.24, 2.45) is 0 Å². The van der Waals surface area contributed by atoms with Crippen LogP contribution in [0.4, 0.5) is 0 Å². The largest absolute Gasteiger partial charge is 0.477 e. The number of hydrogen-bond donors (Lipinski definition) is 2. The van der Waals surface area contributed by atoms with E-state index >= 15 is 0 Å². The Morgan fingerprint density at radius 1 is 2.00 bits per heavy atom. The SMILES string of the molecule is CN1C=C(C(=O)O)NC1. The van der Waals surface area contributed by atoms with Gasteiger partial charge in [-0.05, 0) is 0 Å². The van der Waals surface area contributed by atoms with E-state index in [-0.39, 0.29) is 5.70 Å². The van der Waals surface area contributed by atoms with Crippen LogP contribution in [-0.2, 0) is 4.79 Å². The first-order chi connectivity index (χ1) is 4.20. The van der Waals surface area contributed by atoms with E-state index in [1.807, 2.05) is 7.05 Å². The van der Waals surface area contributed by atoms with Gasteiger partial charge in [0.2, 0.25) is 0 Å². The van der Waals surface area contributed by atoms with Gasteiger partial charge in [0, 0.05) is 13.2 Å². The fourth-order valence-corrected chi connectivity index (χ4v) is 0.652. The molecule has 1 aliphatic rings. The fraction of sp³-hybridized carbons (Fsp3) is 0.400. The van der Waals surface area contributed by atoms with Crippen LogP contribution in [0.5, 0.6) is 0 Å². The van der Waals surface area contributed by atoms with Crippen molar-refractivity contribution in [3.8, 4) is 0 Å². The minimum absolute atomic E-state index is 0.262. The van der Waals surface area contributed by atoms with Gasteiger partial charge in [-0.15, -0.1) is 0 Å². The zero-order valence-electron chi connectivity index (χ0n) is 5.09. The van der Waals surface area contributed by atoms with Crippen molar-refractivity contribution in [3.05, 3.63) is 11.9 Å². The summed E-state index contributed by atoms with van der Waals surface area (Å²) in [6, 6.07) is 0. The fourth-order valence-electron chi connectivity index (χ4n) is 0.652. The van der Waals surface area contributed by atoms with Gasteiger partial charge >= 0.3 is 5.97 Å². The van der Waals surface area contributed by atoms with Crippen molar-refractivity contribution in [3.63, 3.8) is 0 Å².